The molecule has 1 unspecified atom stereocenters. The summed E-state index contributed by atoms with van der Waals surface area (Å²) in [5.41, 5.74) is 0.996. The molecule has 1 amide bonds. The molecule has 0 aliphatic carbocycles. The Labute approximate surface area is 173 Å². The predicted molar refractivity (Wildman–Crippen MR) is 108 cm³/mol. The van der Waals surface area contributed by atoms with Gasteiger partial charge >= 0.3 is 0 Å². The van der Waals surface area contributed by atoms with Crippen LogP contribution < -0.4 is 4.74 Å². The molecule has 0 spiro atoms. The second-order valence-electron chi connectivity index (χ2n) is 6.40. The number of amides is 1. The maximum Gasteiger partial charge on any atom is 0.260 e. The van der Waals surface area contributed by atoms with Crippen LogP contribution >= 0.6 is 34.8 Å². The number of carbonyl (C=O) groups excluding carboxylic acids is 1. The van der Waals surface area contributed by atoms with Crippen LogP contribution in [0.25, 0.3) is 0 Å². The fourth-order valence-corrected chi connectivity index (χ4v) is 3.51. The Bertz CT molecular complexity index is 777. The van der Waals surface area contributed by atoms with Gasteiger partial charge in [0.05, 0.1) is 11.1 Å². The van der Waals surface area contributed by atoms with Crippen molar-refractivity contribution >= 4 is 40.7 Å². The van der Waals surface area contributed by atoms with E-state index in [0.29, 0.717) is 33.9 Å². The summed E-state index contributed by atoms with van der Waals surface area (Å²) in [5, 5.41) is 1.55. The fourth-order valence-electron chi connectivity index (χ4n) is 2.92. The van der Waals surface area contributed by atoms with Crippen LogP contribution in [-0.4, -0.2) is 36.7 Å². The van der Waals surface area contributed by atoms with Crippen molar-refractivity contribution in [2.24, 2.45) is 0 Å². The van der Waals surface area contributed by atoms with E-state index in [9.17, 15) is 4.79 Å². The van der Waals surface area contributed by atoms with Crippen molar-refractivity contribution < 1.29 is 14.3 Å². The highest BCUT2D eigenvalue weighted by Gasteiger charge is 2.23. The SMILES string of the molecule is O=C(COc1ccc(Cl)cc1Cl)N(Cc1ccc(Cl)cc1)CC1CCCO1. The van der Waals surface area contributed by atoms with Gasteiger partial charge in [-0.1, -0.05) is 46.9 Å². The fraction of sp³-hybridized carbons (Fsp3) is 0.350. The van der Waals surface area contributed by atoms with Crippen molar-refractivity contribution in [1.82, 2.24) is 4.90 Å². The Morgan fingerprint density at radius 3 is 2.52 bits per heavy atom. The summed E-state index contributed by atoms with van der Waals surface area (Å²) in [6.45, 7) is 1.62. The van der Waals surface area contributed by atoms with Crippen LogP contribution in [-0.2, 0) is 16.1 Å². The molecule has 144 valence electrons. The first-order valence-corrected chi connectivity index (χ1v) is 9.86. The van der Waals surface area contributed by atoms with Crippen molar-refractivity contribution in [2.45, 2.75) is 25.5 Å². The van der Waals surface area contributed by atoms with Gasteiger partial charge in [0.15, 0.2) is 6.61 Å². The summed E-state index contributed by atoms with van der Waals surface area (Å²) in [6.07, 6.45) is 2.03. The average Bonchev–Trinajstić information content (AvgIpc) is 3.15. The molecule has 1 aliphatic rings. The van der Waals surface area contributed by atoms with E-state index in [1.807, 2.05) is 24.3 Å². The molecule has 1 heterocycles. The Kier molecular flexibility index (Phi) is 7.25. The first-order chi connectivity index (χ1) is 13.0. The van der Waals surface area contributed by atoms with E-state index in [1.165, 1.54) is 0 Å². The molecule has 0 bridgehead atoms. The van der Waals surface area contributed by atoms with Gasteiger partial charge in [0.2, 0.25) is 0 Å². The van der Waals surface area contributed by atoms with Crippen LogP contribution in [0.15, 0.2) is 42.5 Å². The van der Waals surface area contributed by atoms with Gasteiger partial charge in [-0.25, -0.2) is 0 Å². The van der Waals surface area contributed by atoms with Crippen LogP contribution in [0.5, 0.6) is 5.75 Å². The van der Waals surface area contributed by atoms with Gasteiger partial charge in [0.1, 0.15) is 5.75 Å². The summed E-state index contributed by atoms with van der Waals surface area (Å²) < 4.78 is 11.3. The summed E-state index contributed by atoms with van der Waals surface area (Å²) in [4.78, 5) is 14.6. The molecule has 1 saturated heterocycles. The molecule has 3 rings (SSSR count). The Morgan fingerprint density at radius 1 is 1.11 bits per heavy atom. The van der Waals surface area contributed by atoms with Crippen molar-refractivity contribution in [3.63, 3.8) is 0 Å². The highest BCUT2D eigenvalue weighted by molar-refractivity contribution is 6.35. The summed E-state index contributed by atoms with van der Waals surface area (Å²) in [6, 6.07) is 12.4. The Balaban J connectivity index is 1.66. The van der Waals surface area contributed by atoms with Crippen LogP contribution in [0.1, 0.15) is 18.4 Å². The molecule has 1 aliphatic heterocycles. The van der Waals surface area contributed by atoms with E-state index < -0.39 is 0 Å². The molecular weight excluding hydrogens is 409 g/mol. The molecule has 0 N–H and O–H groups in total. The van der Waals surface area contributed by atoms with E-state index in [-0.39, 0.29) is 18.6 Å². The number of rotatable bonds is 7. The summed E-state index contributed by atoms with van der Waals surface area (Å²) >= 11 is 17.9. The van der Waals surface area contributed by atoms with Gasteiger partial charge in [0, 0.05) is 29.7 Å². The Hall–Kier alpha value is -1.46. The average molecular weight is 429 g/mol. The number of ether oxygens (including phenoxy) is 2. The molecule has 2 aromatic rings. The van der Waals surface area contributed by atoms with E-state index in [0.717, 1.165) is 25.0 Å². The van der Waals surface area contributed by atoms with Crippen molar-refractivity contribution in [3.05, 3.63) is 63.1 Å². The van der Waals surface area contributed by atoms with E-state index in [2.05, 4.69) is 0 Å². The number of benzene rings is 2. The Morgan fingerprint density at radius 2 is 1.85 bits per heavy atom. The normalized spacial score (nSPS) is 16.3. The molecule has 1 atom stereocenters. The topological polar surface area (TPSA) is 38.8 Å². The lowest BCUT2D eigenvalue weighted by molar-refractivity contribution is -0.135. The molecule has 2 aromatic carbocycles. The highest BCUT2D eigenvalue weighted by atomic mass is 35.5. The van der Waals surface area contributed by atoms with Crippen molar-refractivity contribution in [2.75, 3.05) is 19.8 Å². The lowest BCUT2D eigenvalue weighted by Gasteiger charge is -2.26. The number of hydrogen-bond donors (Lipinski definition) is 0. The molecule has 7 heteroatoms. The minimum atomic E-state index is -0.133. The minimum absolute atomic E-state index is 0.0559. The maximum absolute atomic E-state index is 12.8. The zero-order valence-corrected chi connectivity index (χ0v) is 16.9. The van der Waals surface area contributed by atoms with Crippen molar-refractivity contribution in [1.29, 1.82) is 0 Å². The number of nitrogens with zero attached hydrogens (tertiary/aromatic N) is 1. The monoisotopic (exact) mass is 427 g/mol. The van der Waals surface area contributed by atoms with Crippen LogP contribution in [0.4, 0.5) is 0 Å². The van der Waals surface area contributed by atoms with E-state index in [4.69, 9.17) is 44.3 Å². The second kappa shape index (κ2) is 9.65. The van der Waals surface area contributed by atoms with Crippen molar-refractivity contribution in [3.8, 4) is 5.75 Å². The van der Waals surface area contributed by atoms with Gasteiger partial charge in [0.25, 0.3) is 5.91 Å². The molecule has 0 saturated carbocycles. The first-order valence-electron chi connectivity index (χ1n) is 8.73. The van der Waals surface area contributed by atoms with Gasteiger partial charge < -0.3 is 14.4 Å². The van der Waals surface area contributed by atoms with Gasteiger partial charge in [-0.05, 0) is 48.7 Å². The number of carbonyl (C=O) groups is 1. The van der Waals surface area contributed by atoms with Gasteiger partial charge in [-0.15, -0.1) is 0 Å². The number of hydrogen-bond acceptors (Lipinski definition) is 3. The standard InChI is InChI=1S/C20H20Cl3NO3/c21-15-5-3-14(4-6-15)11-24(12-17-2-1-9-26-17)20(25)13-27-19-8-7-16(22)10-18(19)23/h3-8,10,17H,1-2,9,11-13H2. The lowest BCUT2D eigenvalue weighted by Crippen LogP contribution is -2.39. The third-order valence-corrected chi connectivity index (χ3v) is 5.11. The molecular formula is C20H20Cl3NO3. The molecule has 1 fully saturated rings. The predicted octanol–water partition coefficient (Wildman–Crippen LogP) is 5.23. The van der Waals surface area contributed by atoms with Crippen LogP contribution in [0.3, 0.4) is 0 Å². The van der Waals surface area contributed by atoms with E-state index in [1.54, 1.807) is 23.1 Å². The molecule has 0 aromatic heterocycles. The maximum atomic E-state index is 12.8. The minimum Gasteiger partial charge on any atom is -0.482 e. The lowest BCUT2D eigenvalue weighted by atomic mass is 10.2. The van der Waals surface area contributed by atoms with E-state index >= 15 is 0 Å². The smallest absolute Gasteiger partial charge is 0.260 e. The second-order valence-corrected chi connectivity index (χ2v) is 7.68. The molecule has 4 nitrogen and oxygen atoms in total. The number of halogens is 3. The van der Waals surface area contributed by atoms with Crippen LogP contribution in [0.2, 0.25) is 15.1 Å². The van der Waals surface area contributed by atoms with Crippen LogP contribution in [0, 0.1) is 0 Å². The molecule has 27 heavy (non-hydrogen) atoms. The third-order valence-electron chi connectivity index (χ3n) is 4.33. The van der Waals surface area contributed by atoms with Gasteiger partial charge in [-0.3, -0.25) is 4.79 Å². The molecule has 0 radical (unpaired) electrons. The zero-order chi connectivity index (χ0) is 19.2. The summed E-state index contributed by atoms with van der Waals surface area (Å²) in [7, 11) is 0. The zero-order valence-electron chi connectivity index (χ0n) is 14.7. The van der Waals surface area contributed by atoms with Gasteiger partial charge in [-0.2, -0.15) is 0 Å². The quantitative estimate of drug-likeness (QED) is 0.606. The first kappa shape index (κ1) is 20.3. The summed E-state index contributed by atoms with van der Waals surface area (Å²) in [5.74, 6) is 0.296. The third kappa shape index (κ3) is 6.01. The largest absolute Gasteiger partial charge is 0.482 e. The highest BCUT2D eigenvalue weighted by Crippen LogP contribution is 2.27.